The highest BCUT2D eigenvalue weighted by Gasteiger charge is 2.13. The van der Waals surface area contributed by atoms with E-state index in [9.17, 15) is 9.59 Å². The second-order valence-corrected chi connectivity index (χ2v) is 7.58. The number of tetrazole rings is 1. The van der Waals surface area contributed by atoms with E-state index in [0.29, 0.717) is 23.0 Å². The van der Waals surface area contributed by atoms with Gasteiger partial charge in [0, 0.05) is 4.47 Å². The molecule has 0 aliphatic heterocycles. The van der Waals surface area contributed by atoms with Gasteiger partial charge < -0.3 is 9.47 Å². The Morgan fingerprint density at radius 2 is 1.93 bits per heavy atom. The predicted octanol–water partition coefficient (Wildman–Crippen LogP) is 3.44. The Balaban J connectivity index is 1.62. The first-order valence-electron chi connectivity index (χ1n) is 8.65. The van der Waals surface area contributed by atoms with Crippen LogP contribution < -0.4 is 0 Å². The molecule has 0 radical (unpaired) electrons. The van der Waals surface area contributed by atoms with E-state index in [1.165, 1.54) is 16.4 Å². The maximum absolute atomic E-state index is 12.3. The van der Waals surface area contributed by atoms with Crippen molar-refractivity contribution < 1.29 is 19.1 Å². The van der Waals surface area contributed by atoms with Crippen molar-refractivity contribution in [3.63, 3.8) is 0 Å². The SMILES string of the molecule is CCOC(=O)CSc1nnnn1-c1ccc(C(=O)OCc2cccc(Br)c2)cc1. The topological polar surface area (TPSA) is 96.2 Å². The quantitative estimate of drug-likeness (QED) is 0.360. The first kappa shape index (κ1) is 21.0. The van der Waals surface area contributed by atoms with Crippen molar-refractivity contribution in [2.75, 3.05) is 12.4 Å². The summed E-state index contributed by atoms with van der Waals surface area (Å²) in [5, 5.41) is 11.9. The van der Waals surface area contributed by atoms with Gasteiger partial charge in [-0.15, -0.1) is 5.10 Å². The summed E-state index contributed by atoms with van der Waals surface area (Å²) in [6.45, 7) is 2.25. The van der Waals surface area contributed by atoms with Crippen LogP contribution in [0, 0.1) is 0 Å². The Morgan fingerprint density at radius 3 is 2.66 bits per heavy atom. The average molecular weight is 477 g/mol. The number of hydrogen-bond donors (Lipinski definition) is 0. The van der Waals surface area contributed by atoms with E-state index in [-0.39, 0.29) is 18.3 Å². The van der Waals surface area contributed by atoms with Crippen LogP contribution in [0.3, 0.4) is 0 Å². The van der Waals surface area contributed by atoms with Crippen LogP contribution in [0.25, 0.3) is 5.69 Å². The third-order valence-corrected chi connectivity index (χ3v) is 5.06. The Kier molecular flexibility index (Phi) is 7.36. The van der Waals surface area contributed by atoms with Gasteiger partial charge in [-0.1, -0.05) is 39.8 Å². The molecular formula is C19H17BrN4O4S. The molecule has 3 aromatic rings. The molecule has 0 bridgehead atoms. The number of hydrogen-bond acceptors (Lipinski definition) is 8. The molecule has 0 atom stereocenters. The van der Waals surface area contributed by atoms with E-state index in [1.807, 2.05) is 24.3 Å². The van der Waals surface area contributed by atoms with Crippen LogP contribution in [0.2, 0.25) is 0 Å². The summed E-state index contributed by atoms with van der Waals surface area (Å²) in [6, 6.07) is 14.3. The van der Waals surface area contributed by atoms with Gasteiger partial charge >= 0.3 is 11.9 Å². The number of rotatable bonds is 8. The Morgan fingerprint density at radius 1 is 1.14 bits per heavy atom. The summed E-state index contributed by atoms with van der Waals surface area (Å²) in [7, 11) is 0. The van der Waals surface area contributed by atoms with E-state index in [2.05, 4.69) is 31.5 Å². The number of nitrogens with zero attached hydrogens (tertiary/aromatic N) is 4. The highest BCUT2D eigenvalue weighted by molar-refractivity contribution is 9.10. The van der Waals surface area contributed by atoms with Gasteiger partial charge in [-0.05, 0) is 59.3 Å². The summed E-state index contributed by atoms with van der Waals surface area (Å²) in [5.41, 5.74) is 1.96. The van der Waals surface area contributed by atoms with E-state index in [4.69, 9.17) is 9.47 Å². The fourth-order valence-electron chi connectivity index (χ4n) is 2.35. The number of carbonyl (C=O) groups excluding carboxylic acids is 2. The molecule has 0 aliphatic carbocycles. The van der Waals surface area contributed by atoms with Gasteiger partial charge in [0.15, 0.2) is 0 Å². The molecule has 1 aromatic heterocycles. The highest BCUT2D eigenvalue weighted by atomic mass is 79.9. The number of carbonyl (C=O) groups is 2. The lowest BCUT2D eigenvalue weighted by Crippen LogP contribution is -2.08. The Bertz CT molecular complexity index is 994. The maximum Gasteiger partial charge on any atom is 0.338 e. The second-order valence-electron chi connectivity index (χ2n) is 5.72. The second kappa shape index (κ2) is 10.2. The van der Waals surface area contributed by atoms with Gasteiger partial charge in [-0.3, -0.25) is 4.79 Å². The van der Waals surface area contributed by atoms with Crippen molar-refractivity contribution in [1.82, 2.24) is 20.2 Å². The molecule has 29 heavy (non-hydrogen) atoms. The van der Waals surface area contributed by atoms with Crippen LogP contribution in [0.1, 0.15) is 22.8 Å². The molecule has 0 saturated heterocycles. The molecule has 3 rings (SSSR count). The molecule has 0 amide bonds. The van der Waals surface area contributed by atoms with Gasteiger partial charge in [0.2, 0.25) is 5.16 Å². The number of benzene rings is 2. The average Bonchev–Trinajstić information content (AvgIpc) is 3.19. The number of esters is 2. The molecule has 8 nitrogen and oxygen atoms in total. The molecule has 10 heteroatoms. The molecule has 0 aliphatic rings. The van der Waals surface area contributed by atoms with Gasteiger partial charge in [0.05, 0.1) is 23.6 Å². The summed E-state index contributed by atoms with van der Waals surface area (Å²) in [6.07, 6.45) is 0. The van der Waals surface area contributed by atoms with E-state index < -0.39 is 5.97 Å². The summed E-state index contributed by atoms with van der Waals surface area (Å²) in [4.78, 5) is 23.8. The van der Waals surface area contributed by atoms with Crippen molar-refractivity contribution in [1.29, 1.82) is 0 Å². The van der Waals surface area contributed by atoms with E-state index in [1.54, 1.807) is 31.2 Å². The molecule has 0 unspecified atom stereocenters. The lowest BCUT2D eigenvalue weighted by atomic mass is 10.2. The van der Waals surface area contributed by atoms with E-state index >= 15 is 0 Å². The molecule has 150 valence electrons. The molecule has 0 spiro atoms. The largest absolute Gasteiger partial charge is 0.465 e. The van der Waals surface area contributed by atoms with Crippen LogP contribution in [0.15, 0.2) is 58.2 Å². The standard InChI is InChI=1S/C19H17BrN4O4S/c1-2-27-17(25)12-29-19-21-22-23-24(19)16-8-6-14(7-9-16)18(26)28-11-13-4-3-5-15(20)10-13/h3-10H,2,11-12H2,1H3. The van der Waals surface area contributed by atoms with Crippen molar-refractivity contribution in [3.05, 3.63) is 64.1 Å². The Hall–Kier alpha value is -2.72. The smallest absolute Gasteiger partial charge is 0.338 e. The lowest BCUT2D eigenvalue weighted by molar-refractivity contribution is -0.139. The van der Waals surface area contributed by atoms with E-state index in [0.717, 1.165) is 10.0 Å². The van der Waals surface area contributed by atoms with Crippen LogP contribution in [-0.4, -0.2) is 44.5 Å². The first-order valence-corrected chi connectivity index (χ1v) is 10.4. The van der Waals surface area contributed by atoms with Crippen LogP contribution in [-0.2, 0) is 20.9 Å². The number of aromatic nitrogens is 4. The zero-order chi connectivity index (χ0) is 20.6. The minimum absolute atomic E-state index is 0.105. The van der Waals surface area contributed by atoms with Gasteiger partial charge in [0.25, 0.3) is 0 Å². The third-order valence-electron chi connectivity index (χ3n) is 3.67. The van der Waals surface area contributed by atoms with Gasteiger partial charge in [-0.25, -0.2) is 4.79 Å². The van der Waals surface area contributed by atoms with Crippen molar-refractivity contribution in [2.24, 2.45) is 0 Å². The minimum Gasteiger partial charge on any atom is -0.465 e. The molecule has 0 fully saturated rings. The monoisotopic (exact) mass is 476 g/mol. The van der Waals surface area contributed by atoms with Crippen molar-refractivity contribution in [3.8, 4) is 5.69 Å². The van der Waals surface area contributed by atoms with Gasteiger partial charge in [0.1, 0.15) is 6.61 Å². The number of halogens is 1. The number of thioether (sulfide) groups is 1. The van der Waals surface area contributed by atoms with Gasteiger partial charge in [-0.2, -0.15) is 4.68 Å². The molecule has 1 heterocycles. The fraction of sp³-hybridized carbons (Fsp3) is 0.211. The van der Waals surface area contributed by atoms with Crippen LogP contribution in [0.5, 0.6) is 0 Å². The molecule has 0 saturated carbocycles. The van der Waals surface area contributed by atoms with Crippen LogP contribution in [0.4, 0.5) is 0 Å². The maximum atomic E-state index is 12.3. The van der Waals surface area contributed by atoms with Crippen molar-refractivity contribution >= 4 is 39.6 Å². The van der Waals surface area contributed by atoms with Crippen LogP contribution >= 0.6 is 27.7 Å². The zero-order valence-corrected chi connectivity index (χ0v) is 17.9. The summed E-state index contributed by atoms with van der Waals surface area (Å²) >= 11 is 4.56. The third kappa shape index (κ3) is 5.88. The normalized spacial score (nSPS) is 10.6. The molecule has 0 N–H and O–H groups in total. The minimum atomic E-state index is -0.426. The number of ether oxygens (including phenoxy) is 2. The zero-order valence-electron chi connectivity index (χ0n) is 15.4. The summed E-state index contributed by atoms with van der Waals surface area (Å²) in [5.74, 6) is -0.658. The van der Waals surface area contributed by atoms with Crippen molar-refractivity contribution in [2.45, 2.75) is 18.7 Å². The summed E-state index contributed by atoms with van der Waals surface area (Å²) < 4.78 is 12.7. The lowest BCUT2D eigenvalue weighted by Gasteiger charge is -2.07. The Labute approximate surface area is 179 Å². The highest BCUT2D eigenvalue weighted by Crippen LogP contribution is 2.19. The molecular weight excluding hydrogens is 460 g/mol. The molecule has 2 aromatic carbocycles. The fourth-order valence-corrected chi connectivity index (χ4v) is 3.49. The predicted molar refractivity (Wildman–Crippen MR) is 110 cm³/mol. The first-order chi connectivity index (χ1) is 14.1.